The van der Waals surface area contributed by atoms with Crippen LogP contribution in [0.5, 0.6) is 5.88 Å². The second kappa shape index (κ2) is 8.15. The summed E-state index contributed by atoms with van der Waals surface area (Å²) in [6, 6.07) is 15.1. The summed E-state index contributed by atoms with van der Waals surface area (Å²) in [5.74, 6) is -0.0999. The van der Waals surface area contributed by atoms with Crippen molar-refractivity contribution in [1.82, 2.24) is 10.3 Å². The molecule has 0 saturated heterocycles. The molecule has 1 unspecified atom stereocenters. The molecule has 1 heterocycles. The first-order valence-electron chi connectivity index (χ1n) is 8.31. The number of fused-ring (bicyclic) bond motifs is 1. The van der Waals surface area contributed by atoms with Crippen molar-refractivity contribution in [2.75, 3.05) is 0 Å². The van der Waals surface area contributed by atoms with Gasteiger partial charge in [0, 0.05) is 22.3 Å². The average molecular weight is 384 g/mol. The smallest absolute Gasteiger partial charge is 0.392 e. The monoisotopic (exact) mass is 384 g/mol. The number of hydrogen-bond donors (Lipinski definition) is 4. The zero-order valence-electron chi connectivity index (χ0n) is 14.7. The molecule has 0 radical (unpaired) electrons. The zero-order valence-corrected chi connectivity index (χ0v) is 15.5. The predicted molar refractivity (Wildman–Crippen MR) is 105 cm³/mol. The summed E-state index contributed by atoms with van der Waals surface area (Å²) in [6.07, 6.45) is -0.881. The third-order valence-electron chi connectivity index (χ3n) is 3.99. The van der Waals surface area contributed by atoms with E-state index in [2.05, 4.69) is 10.3 Å². The van der Waals surface area contributed by atoms with Crippen LogP contribution >= 0.6 is 11.8 Å². The summed E-state index contributed by atoms with van der Waals surface area (Å²) in [7, 11) is 0. The van der Waals surface area contributed by atoms with Crippen molar-refractivity contribution in [3.63, 3.8) is 0 Å². The molecule has 0 saturated carbocycles. The van der Waals surface area contributed by atoms with E-state index in [0.717, 1.165) is 26.3 Å². The molecule has 2 amide bonds. The molecule has 0 aliphatic carbocycles. The van der Waals surface area contributed by atoms with Crippen LogP contribution in [0.3, 0.4) is 0 Å². The van der Waals surface area contributed by atoms with Crippen molar-refractivity contribution in [3.8, 4) is 5.88 Å². The third-order valence-corrected chi connectivity index (χ3v) is 5.11. The Morgan fingerprint density at radius 1 is 1.19 bits per heavy atom. The summed E-state index contributed by atoms with van der Waals surface area (Å²) in [5.41, 5.74) is 12.3. The van der Waals surface area contributed by atoms with Gasteiger partial charge >= 0.3 is 6.09 Å². The molecule has 140 valence electrons. The Bertz CT molecular complexity index is 972. The fourth-order valence-electron chi connectivity index (χ4n) is 2.55. The number of carbonyl (C=O) groups is 2. The van der Waals surface area contributed by atoms with E-state index in [-0.39, 0.29) is 0 Å². The molecule has 27 heavy (non-hydrogen) atoms. The minimum atomic E-state index is -0.881. The van der Waals surface area contributed by atoms with Gasteiger partial charge in [-0.2, -0.15) is 0 Å². The van der Waals surface area contributed by atoms with Gasteiger partial charge in [-0.1, -0.05) is 36.0 Å². The first-order valence-corrected chi connectivity index (χ1v) is 9.13. The van der Waals surface area contributed by atoms with Gasteiger partial charge in [0.2, 0.25) is 11.8 Å². The van der Waals surface area contributed by atoms with Gasteiger partial charge in [-0.05, 0) is 36.8 Å². The molecule has 0 fully saturated rings. The highest BCUT2D eigenvalue weighted by molar-refractivity contribution is 7.99. The number of rotatable bonds is 7. The molecule has 0 spiro atoms. The highest BCUT2D eigenvalue weighted by Crippen LogP contribution is 2.41. The Labute approximate surface area is 160 Å². The molecule has 0 aliphatic heterocycles. The summed E-state index contributed by atoms with van der Waals surface area (Å²) in [5, 5.41) is 3.97. The topological polar surface area (TPSA) is 123 Å². The first kappa shape index (κ1) is 18.8. The summed E-state index contributed by atoms with van der Waals surface area (Å²) in [6.45, 7) is 2.19. The van der Waals surface area contributed by atoms with Crippen LogP contribution in [0.15, 0.2) is 58.3 Å². The number of primary amides is 2. The molecule has 1 atom stereocenters. The van der Waals surface area contributed by atoms with E-state index in [0.29, 0.717) is 12.4 Å². The zero-order chi connectivity index (χ0) is 19.4. The van der Waals surface area contributed by atoms with Crippen LogP contribution in [0.25, 0.3) is 10.9 Å². The fourth-order valence-corrected chi connectivity index (χ4v) is 3.54. The lowest BCUT2D eigenvalue weighted by molar-refractivity contribution is -0.119. The molecule has 3 aromatic rings. The van der Waals surface area contributed by atoms with Crippen LogP contribution in [0.4, 0.5) is 4.79 Å². The number of carbonyl (C=O) groups excluding carboxylic acids is 2. The van der Waals surface area contributed by atoms with Gasteiger partial charge in [0.05, 0.1) is 10.9 Å². The van der Waals surface area contributed by atoms with Gasteiger partial charge in [0.25, 0.3) is 0 Å². The molecule has 8 heteroatoms. The van der Waals surface area contributed by atoms with Crippen molar-refractivity contribution in [1.29, 1.82) is 0 Å². The van der Waals surface area contributed by atoms with Crippen molar-refractivity contribution >= 4 is 34.7 Å². The van der Waals surface area contributed by atoms with Gasteiger partial charge in [0.15, 0.2) is 0 Å². The van der Waals surface area contributed by atoms with Crippen molar-refractivity contribution in [3.05, 3.63) is 54.1 Å². The number of hydrogen-bond acceptors (Lipinski definition) is 5. The molecule has 0 bridgehead atoms. The lowest BCUT2D eigenvalue weighted by Gasteiger charge is -2.10. The Hall–Kier alpha value is -2.97. The largest absolute Gasteiger partial charge is 0.411 e. The molecule has 3 rings (SSSR count). The highest BCUT2D eigenvalue weighted by Gasteiger charge is 2.17. The quantitative estimate of drug-likeness (QED) is 0.499. The maximum Gasteiger partial charge on any atom is 0.411 e. The number of amides is 2. The van der Waals surface area contributed by atoms with E-state index in [1.165, 1.54) is 11.8 Å². The third kappa shape index (κ3) is 4.60. The van der Waals surface area contributed by atoms with Gasteiger partial charge in [0.1, 0.15) is 0 Å². The Morgan fingerprint density at radius 2 is 1.93 bits per heavy atom. The molecule has 0 aliphatic rings. The van der Waals surface area contributed by atoms with Crippen LogP contribution in [-0.4, -0.2) is 23.0 Å². The summed E-state index contributed by atoms with van der Waals surface area (Å²) in [4.78, 5) is 27.3. The molecule has 1 aromatic heterocycles. The predicted octanol–water partition coefficient (Wildman–Crippen LogP) is 2.74. The van der Waals surface area contributed by atoms with Crippen LogP contribution in [-0.2, 0) is 11.3 Å². The average Bonchev–Trinajstić information content (AvgIpc) is 2.96. The maximum atomic E-state index is 11.3. The normalized spacial score (nSPS) is 12.0. The second-order valence-electron chi connectivity index (χ2n) is 6.00. The highest BCUT2D eigenvalue weighted by atomic mass is 32.2. The van der Waals surface area contributed by atoms with Crippen LogP contribution < -0.4 is 21.5 Å². The molecule has 6 N–H and O–H groups in total. The molecular weight excluding hydrogens is 364 g/mol. The van der Waals surface area contributed by atoms with Crippen LogP contribution in [0.1, 0.15) is 12.5 Å². The molecule has 7 nitrogen and oxygen atoms in total. The van der Waals surface area contributed by atoms with E-state index in [1.807, 2.05) is 48.5 Å². The number of benzene rings is 2. The van der Waals surface area contributed by atoms with Crippen LogP contribution in [0, 0.1) is 0 Å². The SMILES string of the molecule is CC(NCc1ccc2[nH]c(OC(N)=O)c(Sc3ccccc3)c2c1)C(N)=O. The lowest BCUT2D eigenvalue weighted by atomic mass is 10.1. The van der Waals surface area contributed by atoms with Crippen molar-refractivity contribution in [2.45, 2.75) is 29.3 Å². The number of nitrogens with two attached hydrogens (primary N) is 2. The lowest BCUT2D eigenvalue weighted by Crippen LogP contribution is -2.38. The summed E-state index contributed by atoms with van der Waals surface area (Å²) < 4.78 is 5.16. The Kier molecular flexibility index (Phi) is 5.68. The van der Waals surface area contributed by atoms with Gasteiger partial charge in [-0.3, -0.25) is 4.79 Å². The number of aromatic nitrogens is 1. The first-order chi connectivity index (χ1) is 12.9. The Balaban J connectivity index is 1.96. The van der Waals surface area contributed by atoms with Gasteiger partial charge in [-0.25, -0.2) is 4.79 Å². The van der Waals surface area contributed by atoms with E-state index < -0.39 is 18.0 Å². The minimum Gasteiger partial charge on any atom is -0.392 e. The number of H-pyrrole nitrogens is 1. The number of nitrogens with one attached hydrogen (secondary N) is 2. The van der Waals surface area contributed by atoms with Crippen LogP contribution in [0.2, 0.25) is 0 Å². The standard InChI is InChI=1S/C19H20N4O3S/c1-11(17(20)24)22-10-12-7-8-15-14(9-12)16(18(23-15)26-19(21)25)27-13-5-3-2-4-6-13/h2-9,11,22-23H,10H2,1H3,(H2,20,24)(H2,21,25). The fraction of sp³-hybridized carbons (Fsp3) is 0.158. The minimum absolute atomic E-state index is 0.307. The van der Waals surface area contributed by atoms with Crippen molar-refractivity contribution in [2.24, 2.45) is 11.5 Å². The van der Waals surface area contributed by atoms with E-state index in [9.17, 15) is 9.59 Å². The maximum absolute atomic E-state index is 11.3. The van der Waals surface area contributed by atoms with Gasteiger partial charge in [-0.15, -0.1) is 0 Å². The Morgan fingerprint density at radius 3 is 2.59 bits per heavy atom. The van der Waals surface area contributed by atoms with Gasteiger partial charge < -0.3 is 26.5 Å². The number of ether oxygens (including phenoxy) is 1. The molecular formula is C19H20N4O3S. The van der Waals surface area contributed by atoms with E-state index in [1.54, 1.807) is 6.92 Å². The summed E-state index contributed by atoms with van der Waals surface area (Å²) >= 11 is 1.47. The second-order valence-corrected chi connectivity index (χ2v) is 7.09. The van der Waals surface area contributed by atoms with E-state index >= 15 is 0 Å². The molecule has 2 aromatic carbocycles. The van der Waals surface area contributed by atoms with Crippen molar-refractivity contribution < 1.29 is 14.3 Å². The number of aromatic amines is 1. The van der Waals surface area contributed by atoms with E-state index in [4.69, 9.17) is 16.2 Å².